The predicted octanol–water partition coefficient (Wildman–Crippen LogP) is 3.26. The van der Waals surface area contributed by atoms with Crippen LogP contribution in [-0.4, -0.2) is 63.8 Å². The average molecular weight is 504 g/mol. The number of aromatic nitrogens is 4. The van der Waals surface area contributed by atoms with Crippen LogP contribution >= 0.6 is 0 Å². The van der Waals surface area contributed by atoms with Crippen molar-refractivity contribution in [3.63, 3.8) is 0 Å². The van der Waals surface area contributed by atoms with Crippen molar-refractivity contribution >= 4 is 22.8 Å². The number of alkyl halides is 2. The number of hydrogen-bond donors (Lipinski definition) is 3. The zero-order valence-corrected chi connectivity index (χ0v) is 20.7. The van der Waals surface area contributed by atoms with Gasteiger partial charge in [-0.2, -0.15) is 10.1 Å². The Morgan fingerprint density at radius 2 is 2.06 bits per heavy atom. The minimum Gasteiger partial charge on any atom is -0.395 e. The van der Waals surface area contributed by atoms with Gasteiger partial charge in [0.2, 0.25) is 5.95 Å². The number of fused-ring (bicyclic) bond motifs is 1. The highest BCUT2D eigenvalue weighted by atomic mass is 19.3. The molecular formula is C25H35F2N7O2. The quantitative estimate of drug-likeness (QED) is 0.345. The van der Waals surface area contributed by atoms with E-state index in [-0.39, 0.29) is 24.7 Å². The first-order valence-corrected chi connectivity index (χ1v) is 12.6. The fourth-order valence-corrected chi connectivity index (χ4v) is 4.50. The van der Waals surface area contributed by atoms with Gasteiger partial charge in [-0.25, -0.2) is 13.8 Å². The Labute approximate surface area is 209 Å². The summed E-state index contributed by atoms with van der Waals surface area (Å²) in [5, 5.41) is 17.6. The Hall–Kier alpha value is -2.89. The number of anilines is 2. The molecule has 0 unspecified atom stereocenters. The molecule has 196 valence electrons. The third-order valence-electron chi connectivity index (χ3n) is 6.45. The van der Waals surface area contributed by atoms with E-state index >= 15 is 0 Å². The van der Waals surface area contributed by atoms with Crippen LogP contribution in [0.25, 0.3) is 11.0 Å². The minimum atomic E-state index is -2.60. The number of aliphatic hydroxyl groups is 1. The van der Waals surface area contributed by atoms with E-state index in [1.807, 2.05) is 11.0 Å². The molecule has 1 saturated heterocycles. The summed E-state index contributed by atoms with van der Waals surface area (Å²) in [5.74, 6) is 0.647. The number of ether oxygens (including phenoxy) is 1. The van der Waals surface area contributed by atoms with Crippen molar-refractivity contribution in [2.75, 3.05) is 43.5 Å². The molecule has 4 N–H and O–H groups in total. The molecular weight excluding hydrogens is 468 g/mol. The molecule has 1 aliphatic rings. The van der Waals surface area contributed by atoms with Crippen LogP contribution in [-0.2, 0) is 17.8 Å². The van der Waals surface area contributed by atoms with Gasteiger partial charge in [-0.15, -0.1) is 0 Å². The van der Waals surface area contributed by atoms with Gasteiger partial charge in [-0.05, 0) is 36.5 Å². The van der Waals surface area contributed by atoms with E-state index in [9.17, 15) is 13.9 Å². The van der Waals surface area contributed by atoms with Crippen molar-refractivity contribution < 1.29 is 18.6 Å². The zero-order chi connectivity index (χ0) is 25.5. The number of benzene rings is 1. The van der Waals surface area contributed by atoms with Gasteiger partial charge >= 0.3 is 0 Å². The van der Waals surface area contributed by atoms with Gasteiger partial charge in [0, 0.05) is 44.5 Å². The number of aliphatic hydroxyl groups excluding tert-OH is 1. The van der Waals surface area contributed by atoms with Crippen molar-refractivity contribution in [1.82, 2.24) is 25.1 Å². The molecule has 1 fully saturated rings. The third-order valence-corrected chi connectivity index (χ3v) is 6.45. The lowest BCUT2D eigenvalue weighted by Crippen LogP contribution is -2.34. The van der Waals surface area contributed by atoms with Crippen LogP contribution in [0.15, 0.2) is 24.4 Å². The van der Waals surface area contributed by atoms with Gasteiger partial charge in [0.25, 0.3) is 6.43 Å². The van der Waals surface area contributed by atoms with Crippen LogP contribution in [0.4, 0.5) is 20.5 Å². The Morgan fingerprint density at radius 1 is 1.25 bits per heavy atom. The summed E-state index contributed by atoms with van der Waals surface area (Å²) in [5.41, 5.74) is 8.33. The highest BCUT2D eigenvalue weighted by Crippen LogP contribution is 2.27. The molecule has 0 aliphatic carbocycles. The lowest BCUT2D eigenvalue weighted by atomic mass is 10.0. The molecule has 0 spiro atoms. The van der Waals surface area contributed by atoms with Crippen LogP contribution in [0.5, 0.6) is 0 Å². The fourth-order valence-electron chi connectivity index (χ4n) is 4.50. The minimum absolute atomic E-state index is 0.00323. The van der Waals surface area contributed by atoms with Crippen LogP contribution in [0.1, 0.15) is 55.7 Å². The number of rotatable bonds is 12. The van der Waals surface area contributed by atoms with Crippen LogP contribution in [0.3, 0.4) is 0 Å². The van der Waals surface area contributed by atoms with E-state index in [4.69, 9.17) is 10.5 Å². The lowest BCUT2D eigenvalue weighted by Gasteiger charge is -2.23. The summed E-state index contributed by atoms with van der Waals surface area (Å²) in [6.07, 6.45) is 2.85. The van der Waals surface area contributed by atoms with Crippen molar-refractivity contribution in [3.8, 4) is 0 Å². The first-order chi connectivity index (χ1) is 17.5. The van der Waals surface area contributed by atoms with Gasteiger partial charge in [0.15, 0.2) is 11.3 Å². The summed E-state index contributed by atoms with van der Waals surface area (Å²) < 4.78 is 35.0. The predicted molar refractivity (Wildman–Crippen MR) is 135 cm³/mol. The molecule has 1 aromatic carbocycles. The molecule has 3 aromatic rings. The number of hydrogen-bond acceptors (Lipinski definition) is 8. The van der Waals surface area contributed by atoms with Crippen molar-refractivity contribution in [2.24, 2.45) is 0 Å². The molecule has 0 saturated carbocycles. The van der Waals surface area contributed by atoms with Gasteiger partial charge in [-0.1, -0.05) is 25.5 Å². The smallest absolute Gasteiger partial charge is 0.264 e. The third kappa shape index (κ3) is 6.45. The number of nitrogens with zero attached hydrogens (tertiary/aromatic N) is 5. The second-order valence-corrected chi connectivity index (χ2v) is 9.13. The molecule has 0 bridgehead atoms. The van der Waals surface area contributed by atoms with Crippen molar-refractivity contribution in [3.05, 3.63) is 41.1 Å². The first kappa shape index (κ1) is 26.2. The molecule has 1 aliphatic heterocycles. The number of halogens is 2. The Balaban J connectivity index is 1.56. The van der Waals surface area contributed by atoms with Crippen molar-refractivity contribution in [2.45, 2.75) is 58.2 Å². The van der Waals surface area contributed by atoms with E-state index in [1.165, 1.54) is 0 Å². The van der Waals surface area contributed by atoms with E-state index in [0.29, 0.717) is 48.1 Å². The number of unbranched alkanes of at least 4 members (excludes halogenated alkanes) is 1. The molecule has 0 amide bonds. The van der Waals surface area contributed by atoms with E-state index < -0.39 is 6.43 Å². The Kier molecular flexibility index (Phi) is 9.00. The van der Waals surface area contributed by atoms with Gasteiger partial charge < -0.3 is 25.8 Å². The maximum Gasteiger partial charge on any atom is 0.264 e. The maximum atomic E-state index is 14.0. The van der Waals surface area contributed by atoms with Crippen LogP contribution in [0.2, 0.25) is 0 Å². The topological polar surface area (TPSA) is 114 Å². The molecule has 2 aromatic heterocycles. The van der Waals surface area contributed by atoms with E-state index in [0.717, 1.165) is 44.5 Å². The Morgan fingerprint density at radius 3 is 2.78 bits per heavy atom. The summed E-state index contributed by atoms with van der Waals surface area (Å²) >= 11 is 0. The summed E-state index contributed by atoms with van der Waals surface area (Å²) in [6.45, 7) is 5.28. The van der Waals surface area contributed by atoms with Crippen LogP contribution < -0.4 is 16.0 Å². The number of nitrogen functional groups attached to an aromatic ring is 1. The monoisotopic (exact) mass is 503 g/mol. The summed E-state index contributed by atoms with van der Waals surface area (Å²) in [6, 6.07) is 5.55. The standard InChI is InChI=1S/C25H35F2N7O2/c1-2-3-8-33(9-10-35)24-22-21(30-25(28)31-24)16-34(32-22)15-18-5-4-17(13-20(18)23(26)27)14-29-19-6-11-36-12-7-19/h4-5,13,16,19,23,29,35H,2-3,6-12,14-15H2,1H3,(H2,28,30). The zero-order valence-electron chi connectivity index (χ0n) is 20.7. The first-order valence-electron chi connectivity index (χ1n) is 12.6. The lowest BCUT2D eigenvalue weighted by molar-refractivity contribution is 0.0776. The SMILES string of the molecule is CCCCN(CCO)c1nc(N)nc2cn(Cc3ccc(CNC4CCOCC4)cc3C(F)F)nc12. The van der Waals surface area contributed by atoms with Gasteiger partial charge in [0.05, 0.1) is 19.3 Å². The number of nitrogens with one attached hydrogen (secondary N) is 1. The molecule has 4 rings (SSSR count). The largest absolute Gasteiger partial charge is 0.395 e. The van der Waals surface area contributed by atoms with E-state index in [1.54, 1.807) is 23.0 Å². The summed E-state index contributed by atoms with van der Waals surface area (Å²) in [4.78, 5) is 10.6. The van der Waals surface area contributed by atoms with Gasteiger partial charge in [-0.3, -0.25) is 4.68 Å². The maximum absolute atomic E-state index is 14.0. The van der Waals surface area contributed by atoms with Gasteiger partial charge in [0.1, 0.15) is 5.52 Å². The highest BCUT2D eigenvalue weighted by molar-refractivity contribution is 5.86. The summed E-state index contributed by atoms with van der Waals surface area (Å²) in [7, 11) is 0. The number of nitrogens with two attached hydrogens (primary N) is 1. The van der Waals surface area contributed by atoms with Crippen LogP contribution in [0, 0.1) is 0 Å². The molecule has 3 heterocycles. The highest BCUT2D eigenvalue weighted by Gasteiger charge is 2.19. The normalized spacial score (nSPS) is 14.7. The molecule has 0 radical (unpaired) electrons. The Bertz CT molecular complexity index is 1140. The second kappa shape index (κ2) is 12.4. The van der Waals surface area contributed by atoms with Crippen molar-refractivity contribution in [1.29, 1.82) is 0 Å². The average Bonchev–Trinajstić information content (AvgIpc) is 3.28. The molecule has 36 heavy (non-hydrogen) atoms. The fraction of sp³-hybridized carbons (Fsp3) is 0.560. The second-order valence-electron chi connectivity index (χ2n) is 9.13. The molecule has 0 atom stereocenters. The van der Waals surface area contributed by atoms with E-state index in [2.05, 4.69) is 27.3 Å². The molecule has 9 nitrogen and oxygen atoms in total. The molecule has 11 heteroatoms.